The molecule has 0 fully saturated rings. The van der Waals surface area contributed by atoms with E-state index in [2.05, 4.69) is 18.3 Å². The molecule has 1 aromatic rings. The highest BCUT2D eigenvalue weighted by Gasteiger charge is 2.01. The van der Waals surface area contributed by atoms with Crippen molar-refractivity contribution in [2.45, 2.75) is 13.3 Å². The van der Waals surface area contributed by atoms with Gasteiger partial charge in [0.1, 0.15) is 0 Å². The maximum atomic E-state index is 5.95. The zero-order valence-electron chi connectivity index (χ0n) is 6.82. The molecule has 0 atom stereocenters. The highest BCUT2D eigenvalue weighted by Crippen LogP contribution is 2.25. The fourth-order valence-corrected chi connectivity index (χ4v) is 1.43. The maximum Gasteiger partial charge on any atom is 0.0640 e. The second-order valence-electron chi connectivity index (χ2n) is 2.38. The van der Waals surface area contributed by atoms with Gasteiger partial charge in [0.25, 0.3) is 0 Å². The van der Waals surface area contributed by atoms with Crippen LogP contribution in [0.2, 0.25) is 5.02 Å². The third kappa shape index (κ3) is 1.66. The molecule has 2 heteroatoms. The van der Waals surface area contributed by atoms with Gasteiger partial charge in [0.15, 0.2) is 0 Å². The molecule has 1 rings (SSSR count). The van der Waals surface area contributed by atoms with E-state index in [9.17, 15) is 0 Å². The molecule has 1 N–H and O–H groups in total. The van der Waals surface area contributed by atoms with E-state index in [-0.39, 0.29) is 0 Å². The van der Waals surface area contributed by atoms with Crippen LogP contribution in [0.4, 0.5) is 5.69 Å². The number of nitrogens with one attached hydrogen (secondary N) is 1. The van der Waals surface area contributed by atoms with Gasteiger partial charge in [0.2, 0.25) is 0 Å². The molecular formula is C9H12ClN. The Labute approximate surface area is 72.4 Å². The van der Waals surface area contributed by atoms with Crippen molar-refractivity contribution >= 4 is 17.3 Å². The van der Waals surface area contributed by atoms with Gasteiger partial charge in [-0.2, -0.15) is 0 Å². The number of hydrogen-bond acceptors (Lipinski definition) is 1. The van der Waals surface area contributed by atoms with Crippen molar-refractivity contribution in [1.29, 1.82) is 0 Å². The van der Waals surface area contributed by atoms with Crippen LogP contribution in [-0.2, 0) is 6.42 Å². The Hall–Kier alpha value is -0.690. The normalized spacial score (nSPS) is 9.73. The lowest BCUT2D eigenvalue weighted by Gasteiger charge is -2.07. The lowest BCUT2D eigenvalue weighted by molar-refractivity contribution is 1.14. The molecule has 1 aromatic carbocycles. The van der Waals surface area contributed by atoms with E-state index in [4.69, 9.17) is 11.6 Å². The number of anilines is 1. The van der Waals surface area contributed by atoms with Gasteiger partial charge in [-0.1, -0.05) is 30.7 Å². The van der Waals surface area contributed by atoms with Crippen molar-refractivity contribution < 1.29 is 0 Å². The molecule has 0 aromatic heterocycles. The molecule has 0 aliphatic rings. The smallest absolute Gasteiger partial charge is 0.0640 e. The van der Waals surface area contributed by atoms with Gasteiger partial charge in [-0.15, -0.1) is 0 Å². The van der Waals surface area contributed by atoms with Gasteiger partial charge in [0, 0.05) is 7.05 Å². The van der Waals surface area contributed by atoms with Crippen LogP contribution in [-0.4, -0.2) is 7.05 Å². The summed E-state index contributed by atoms with van der Waals surface area (Å²) in [7, 11) is 1.89. The highest BCUT2D eigenvalue weighted by molar-refractivity contribution is 6.33. The fraction of sp³-hybridized carbons (Fsp3) is 0.333. The molecule has 0 heterocycles. The lowest BCUT2D eigenvalue weighted by atomic mass is 10.1. The van der Waals surface area contributed by atoms with Crippen molar-refractivity contribution in [1.82, 2.24) is 0 Å². The molecule has 0 saturated heterocycles. The number of benzene rings is 1. The Morgan fingerprint density at radius 1 is 1.45 bits per heavy atom. The monoisotopic (exact) mass is 169 g/mol. The van der Waals surface area contributed by atoms with E-state index >= 15 is 0 Å². The molecule has 60 valence electrons. The summed E-state index contributed by atoms with van der Waals surface area (Å²) in [5.74, 6) is 0. The summed E-state index contributed by atoms with van der Waals surface area (Å²) < 4.78 is 0. The van der Waals surface area contributed by atoms with Gasteiger partial charge < -0.3 is 5.32 Å². The van der Waals surface area contributed by atoms with Crippen LogP contribution < -0.4 is 5.32 Å². The van der Waals surface area contributed by atoms with Gasteiger partial charge in [-0.25, -0.2) is 0 Å². The first kappa shape index (κ1) is 8.41. The molecule has 0 spiro atoms. The number of halogens is 1. The van der Waals surface area contributed by atoms with Crippen molar-refractivity contribution in [3.05, 3.63) is 28.8 Å². The second kappa shape index (κ2) is 3.63. The fourth-order valence-electron chi connectivity index (χ4n) is 1.14. The summed E-state index contributed by atoms with van der Waals surface area (Å²) in [6.45, 7) is 2.12. The number of hydrogen-bond donors (Lipinski definition) is 1. The first-order valence-corrected chi connectivity index (χ1v) is 4.12. The average molecular weight is 170 g/mol. The van der Waals surface area contributed by atoms with Gasteiger partial charge in [-0.05, 0) is 18.1 Å². The van der Waals surface area contributed by atoms with Crippen molar-refractivity contribution in [3.63, 3.8) is 0 Å². The number of rotatable bonds is 2. The summed E-state index contributed by atoms with van der Waals surface area (Å²) >= 11 is 5.95. The van der Waals surface area contributed by atoms with Crippen molar-refractivity contribution in [2.75, 3.05) is 12.4 Å². The van der Waals surface area contributed by atoms with Crippen molar-refractivity contribution in [3.8, 4) is 0 Å². The topological polar surface area (TPSA) is 12.0 Å². The van der Waals surface area contributed by atoms with Crippen LogP contribution in [0.25, 0.3) is 0 Å². The highest BCUT2D eigenvalue weighted by atomic mass is 35.5. The largest absolute Gasteiger partial charge is 0.387 e. The molecule has 1 nitrogen and oxygen atoms in total. The zero-order chi connectivity index (χ0) is 8.27. The predicted molar refractivity (Wildman–Crippen MR) is 50.4 cm³/mol. The Bertz CT molecular complexity index is 245. The number of para-hydroxylation sites is 1. The first-order chi connectivity index (χ1) is 5.29. The Morgan fingerprint density at radius 3 is 2.64 bits per heavy atom. The van der Waals surface area contributed by atoms with Crippen LogP contribution >= 0.6 is 11.6 Å². The summed E-state index contributed by atoms with van der Waals surface area (Å²) in [5, 5.41) is 3.88. The molecular weight excluding hydrogens is 158 g/mol. The molecule has 0 radical (unpaired) electrons. The summed E-state index contributed by atoms with van der Waals surface area (Å²) in [4.78, 5) is 0. The standard InChI is InChI=1S/C9H12ClN/c1-3-7-5-4-6-8(10)9(7)11-2/h4-6,11H,3H2,1-2H3. The van der Waals surface area contributed by atoms with Crippen molar-refractivity contribution in [2.24, 2.45) is 0 Å². The quantitative estimate of drug-likeness (QED) is 0.718. The molecule has 0 amide bonds. The zero-order valence-corrected chi connectivity index (χ0v) is 7.57. The van der Waals surface area contributed by atoms with E-state index < -0.39 is 0 Å². The molecule has 0 unspecified atom stereocenters. The van der Waals surface area contributed by atoms with Gasteiger partial charge >= 0.3 is 0 Å². The van der Waals surface area contributed by atoms with Crippen LogP contribution in [0.3, 0.4) is 0 Å². The van der Waals surface area contributed by atoms with Crippen LogP contribution in [0.1, 0.15) is 12.5 Å². The number of aryl methyl sites for hydroxylation is 1. The SMILES string of the molecule is CCc1cccc(Cl)c1NC. The third-order valence-corrected chi connectivity index (χ3v) is 2.05. The van der Waals surface area contributed by atoms with Crippen LogP contribution in [0.15, 0.2) is 18.2 Å². The van der Waals surface area contributed by atoms with Gasteiger partial charge in [-0.3, -0.25) is 0 Å². The summed E-state index contributed by atoms with van der Waals surface area (Å²) in [6.07, 6.45) is 1.01. The van der Waals surface area contributed by atoms with Crippen LogP contribution in [0, 0.1) is 0 Å². The molecule has 11 heavy (non-hydrogen) atoms. The minimum Gasteiger partial charge on any atom is -0.387 e. The Balaban J connectivity index is 3.13. The minimum absolute atomic E-state index is 0.798. The average Bonchev–Trinajstić information content (AvgIpc) is 2.04. The predicted octanol–water partition coefficient (Wildman–Crippen LogP) is 2.94. The van der Waals surface area contributed by atoms with Crippen LogP contribution in [0.5, 0.6) is 0 Å². The molecule has 0 bridgehead atoms. The molecule has 0 aliphatic heterocycles. The summed E-state index contributed by atoms with van der Waals surface area (Å²) in [6, 6.07) is 5.95. The Morgan fingerprint density at radius 2 is 2.18 bits per heavy atom. The van der Waals surface area contributed by atoms with E-state index in [1.54, 1.807) is 0 Å². The third-order valence-electron chi connectivity index (χ3n) is 1.73. The first-order valence-electron chi connectivity index (χ1n) is 3.74. The minimum atomic E-state index is 0.798. The summed E-state index contributed by atoms with van der Waals surface area (Å²) in [5.41, 5.74) is 2.32. The van der Waals surface area contributed by atoms with E-state index in [0.29, 0.717) is 0 Å². The molecule has 0 aliphatic carbocycles. The van der Waals surface area contributed by atoms with E-state index in [1.165, 1.54) is 5.56 Å². The van der Waals surface area contributed by atoms with Gasteiger partial charge in [0.05, 0.1) is 10.7 Å². The Kier molecular flexibility index (Phi) is 2.77. The molecule has 0 saturated carbocycles. The maximum absolute atomic E-state index is 5.95. The van der Waals surface area contributed by atoms with E-state index in [1.807, 2.05) is 19.2 Å². The van der Waals surface area contributed by atoms with E-state index in [0.717, 1.165) is 17.1 Å². The lowest BCUT2D eigenvalue weighted by Crippen LogP contribution is -1.94. The second-order valence-corrected chi connectivity index (χ2v) is 2.78.